The Bertz CT molecular complexity index is 555. The van der Waals surface area contributed by atoms with E-state index in [0.29, 0.717) is 11.5 Å². The van der Waals surface area contributed by atoms with E-state index in [1.54, 1.807) is 20.6 Å². The first-order valence-electron chi connectivity index (χ1n) is 7.29. The molecule has 6 nitrogen and oxygen atoms in total. The zero-order valence-corrected chi connectivity index (χ0v) is 12.6. The minimum absolute atomic E-state index is 0.669. The van der Waals surface area contributed by atoms with Crippen molar-refractivity contribution in [1.82, 2.24) is 4.90 Å². The van der Waals surface area contributed by atoms with E-state index in [1.165, 1.54) is 6.42 Å². The van der Waals surface area contributed by atoms with E-state index in [-0.39, 0.29) is 0 Å². The fraction of sp³-hybridized carbons (Fsp3) is 0.533. The molecular formula is C15H22N4O2. The van der Waals surface area contributed by atoms with Gasteiger partial charge < -0.3 is 14.8 Å². The standard InChI is InChI=1S/C15H22N4O2/c1-20-13-8-11-12(9-14(13)21-2)17-10-18-15(11,16)19-6-4-3-5-7-19/h8-10H,3-7,16H2,1-2H3,(H,17,18). The number of hydrogen-bond acceptors (Lipinski definition) is 6. The average Bonchev–Trinajstić information content (AvgIpc) is 2.55. The smallest absolute Gasteiger partial charge is 0.195 e. The Morgan fingerprint density at radius 2 is 1.81 bits per heavy atom. The molecule has 6 heteroatoms. The summed E-state index contributed by atoms with van der Waals surface area (Å²) in [5, 5.41) is 3.15. The lowest BCUT2D eigenvalue weighted by Gasteiger charge is -2.42. The molecule has 2 heterocycles. The van der Waals surface area contributed by atoms with E-state index in [9.17, 15) is 0 Å². The second-order valence-electron chi connectivity index (χ2n) is 5.43. The number of hydrogen-bond donors (Lipinski definition) is 2. The Morgan fingerprint density at radius 3 is 2.48 bits per heavy atom. The van der Waals surface area contributed by atoms with Crippen molar-refractivity contribution in [2.24, 2.45) is 10.7 Å². The maximum Gasteiger partial charge on any atom is 0.195 e. The quantitative estimate of drug-likeness (QED) is 0.886. The number of piperidine rings is 1. The molecule has 2 aliphatic heterocycles. The highest BCUT2D eigenvalue weighted by Crippen LogP contribution is 2.41. The molecule has 1 unspecified atom stereocenters. The van der Waals surface area contributed by atoms with Crippen LogP contribution in [0.3, 0.4) is 0 Å². The van der Waals surface area contributed by atoms with Crippen LogP contribution in [0.15, 0.2) is 17.1 Å². The van der Waals surface area contributed by atoms with Crippen LogP contribution in [0.5, 0.6) is 11.5 Å². The minimum atomic E-state index is -0.833. The van der Waals surface area contributed by atoms with Gasteiger partial charge in [-0.05, 0) is 18.9 Å². The molecule has 114 valence electrons. The van der Waals surface area contributed by atoms with Gasteiger partial charge in [-0.1, -0.05) is 6.42 Å². The number of anilines is 1. The number of benzene rings is 1. The van der Waals surface area contributed by atoms with Gasteiger partial charge in [-0.15, -0.1) is 0 Å². The molecule has 0 spiro atoms. The maximum atomic E-state index is 6.65. The van der Waals surface area contributed by atoms with Gasteiger partial charge in [0.25, 0.3) is 0 Å². The van der Waals surface area contributed by atoms with Crippen molar-refractivity contribution in [3.8, 4) is 11.5 Å². The summed E-state index contributed by atoms with van der Waals surface area (Å²) in [5.74, 6) is 0.516. The molecule has 2 aliphatic rings. The Balaban J connectivity index is 2.05. The maximum absolute atomic E-state index is 6.65. The summed E-state index contributed by atoms with van der Waals surface area (Å²) in [7, 11) is 3.25. The molecule has 0 amide bonds. The summed E-state index contributed by atoms with van der Waals surface area (Å²) in [4.78, 5) is 6.76. The van der Waals surface area contributed by atoms with Gasteiger partial charge in [0, 0.05) is 24.7 Å². The van der Waals surface area contributed by atoms with Crippen molar-refractivity contribution in [2.45, 2.75) is 25.0 Å². The Hall–Kier alpha value is -1.79. The highest BCUT2D eigenvalue weighted by Gasteiger charge is 2.39. The van der Waals surface area contributed by atoms with Crippen molar-refractivity contribution < 1.29 is 9.47 Å². The molecule has 3 rings (SSSR count). The van der Waals surface area contributed by atoms with E-state index in [2.05, 4.69) is 15.2 Å². The Morgan fingerprint density at radius 1 is 1.14 bits per heavy atom. The molecule has 0 bridgehead atoms. The first-order valence-corrected chi connectivity index (χ1v) is 7.29. The van der Waals surface area contributed by atoms with Gasteiger partial charge in [0.05, 0.1) is 26.2 Å². The second-order valence-corrected chi connectivity index (χ2v) is 5.43. The van der Waals surface area contributed by atoms with Gasteiger partial charge in [0.15, 0.2) is 17.3 Å². The molecule has 0 saturated carbocycles. The van der Waals surface area contributed by atoms with Gasteiger partial charge in [0.2, 0.25) is 0 Å². The monoisotopic (exact) mass is 290 g/mol. The second kappa shape index (κ2) is 5.54. The molecule has 0 aliphatic carbocycles. The molecule has 1 aromatic rings. The third-order valence-electron chi connectivity index (χ3n) is 4.24. The number of nitrogens with two attached hydrogens (primary N) is 1. The SMILES string of the molecule is COc1cc2c(cc1OC)C(N)(N1CCCCC1)N=CN2. The number of aliphatic imine (C=N–C) groups is 1. The summed E-state index contributed by atoms with van der Waals surface area (Å²) < 4.78 is 10.8. The van der Waals surface area contributed by atoms with E-state index < -0.39 is 5.79 Å². The number of nitrogens with one attached hydrogen (secondary N) is 1. The van der Waals surface area contributed by atoms with Crippen LogP contribution < -0.4 is 20.5 Å². The topological polar surface area (TPSA) is 72.1 Å². The lowest BCUT2D eigenvalue weighted by molar-refractivity contribution is 0.0756. The predicted octanol–water partition coefficient (Wildman–Crippen LogP) is 1.71. The Kier molecular flexibility index (Phi) is 3.73. The highest BCUT2D eigenvalue weighted by molar-refractivity contribution is 5.82. The number of rotatable bonds is 3. The third kappa shape index (κ3) is 2.34. The highest BCUT2D eigenvalue weighted by atomic mass is 16.5. The largest absolute Gasteiger partial charge is 0.493 e. The van der Waals surface area contributed by atoms with Gasteiger partial charge >= 0.3 is 0 Å². The third-order valence-corrected chi connectivity index (χ3v) is 4.24. The average molecular weight is 290 g/mol. The molecule has 1 atom stereocenters. The Labute approximate surface area is 124 Å². The first-order chi connectivity index (χ1) is 10.2. The van der Waals surface area contributed by atoms with Crippen molar-refractivity contribution in [3.05, 3.63) is 17.7 Å². The van der Waals surface area contributed by atoms with E-state index >= 15 is 0 Å². The lowest BCUT2D eigenvalue weighted by atomic mass is 9.99. The molecular weight excluding hydrogens is 268 g/mol. The number of fused-ring (bicyclic) bond motifs is 1. The summed E-state index contributed by atoms with van der Waals surface area (Å²) in [6.45, 7) is 1.92. The van der Waals surface area contributed by atoms with Gasteiger partial charge in [0.1, 0.15) is 0 Å². The number of methoxy groups -OCH3 is 2. The van der Waals surface area contributed by atoms with Crippen molar-refractivity contribution >= 4 is 12.0 Å². The zero-order valence-electron chi connectivity index (χ0n) is 12.6. The van der Waals surface area contributed by atoms with Gasteiger partial charge in [-0.3, -0.25) is 10.6 Å². The van der Waals surface area contributed by atoms with Gasteiger partial charge in [-0.25, -0.2) is 4.99 Å². The molecule has 1 fully saturated rings. The number of nitrogens with zero attached hydrogens (tertiary/aromatic N) is 2. The van der Waals surface area contributed by atoms with Crippen LogP contribution in [0.1, 0.15) is 24.8 Å². The number of likely N-dealkylation sites (tertiary alicyclic amines) is 1. The summed E-state index contributed by atoms with van der Waals surface area (Å²) in [6.07, 6.45) is 5.24. The molecule has 3 N–H and O–H groups in total. The van der Waals surface area contributed by atoms with Crippen LogP contribution >= 0.6 is 0 Å². The summed E-state index contributed by atoms with van der Waals surface area (Å²) >= 11 is 0. The van der Waals surface area contributed by atoms with Crippen LogP contribution in [0.4, 0.5) is 5.69 Å². The molecule has 0 aromatic heterocycles. The van der Waals surface area contributed by atoms with Crippen LogP contribution in [0, 0.1) is 0 Å². The molecule has 1 saturated heterocycles. The van der Waals surface area contributed by atoms with Crippen molar-refractivity contribution in [2.75, 3.05) is 32.6 Å². The fourth-order valence-corrected chi connectivity index (χ4v) is 3.06. The lowest BCUT2D eigenvalue weighted by Crippen LogP contribution is -2.55. The van der Waals surface area contributed by atoms with Crippen molar-refractivity contribution in [1.29, 1.82) is 0 Å². The minimum Gasteiger partial charge on any atom is -0.493 e. The fourth-order valence-electron chi connectivity index (χ4n) is 3.06. The van der Waals surface area contributed by atoms with Crippen LogP contribution in [0.25, 0.3) is 0 Å². The van der Waals surface area contributed by atoms with Crippen LogP contribution in [0.2, 0.25) is 0 Å². The first kappa shape index (κ1) is 14.2. The normalized spacial score (nSPS) is 25.1. The predicted molar refractivity (Wildman–Crippen MR) is 83.0 cm³/mol. The van der Waals surface area contributed by atoms with Crippen LogP contribution in [-0.4, -0.2) is 38.5 Å². The molecule has 21 heavy (non-hydrogen) atoms. The zero-order chi connectivity index (χ0) is 14.9. The van der Waals surface area contributed by atoms with Crippen LogP contribution in [-0.2, 0) is 5.79 Å². The van der Waals surface area contributed by atoms with E-state index in [4.69, 9.17) is 15.2 Å². The summed E-state index contributed by atoms with van der Waals surface area (Å²) in [5.41, 5.74) is 8.49. The van der Waals surface area contributed by atoms with E-state index in [1.807, 2.05) is 12.1 Å². The van der Waals surface area contributed by atoms with Gasteiger partial charge in [-0.2, -0.15) is 0 Å². The number of ether oxygens (including phenoxy) is 2. The van der Waals surface area contributed by atoms with E-state index in [0.717, 1.165) is 37.2 Å². The molecule has 0 radical (unpaired) electrons. The molecule has 1 aromatic carbocycles. The van der Waals surface area contributed by atoms with Crippen molar-refractivity contribution in [3.63, 3.8) is 0 Å². The summed E-state index contributed by atoms with van der Waals surface area (Å²) in [6, 6.07) is 3.83.